The van der Waals surface area contributed by atoms with Crippen LogP contribution in [0.15, 0.2) is 63.1 Å². The van der Waals surface area contributed by atoms with Crippen LogP contribution in [0.2, 0.25) is 0 Å². The number of hydrazone groups is 1. The number of ether oxygens (including phenoxy) is 1. The average Bonchev–Trinajstić information content (AvgIpc) is 2.72. The Morgan fingerprint density at radius 3 is 2.75 bits per heavy atom. The molecule has 8 heteroatoms. The first-order chi connectivity index (χ1) is 13.6. The molecule has 2 aliphatic heterocycles. The van der Waals surface area contributed by atoms with Crippen molar-refractivity contribution in [3.63, 3.8) is 0 Å². The number of nitrogens with one attached hydrogen (secondary N) is 1. The highest BCUT2D eigenvalue weighted by Gasteiger charge is 2.32. The number of benzene rings is 2. The van der Waals surface area contributed by atoms with Crippen molar-refractivity contribution in [2.75, 3.05) is 13.4 Å². The summed E-state index contributed by atoms with van der Waals surface area (Å²) < 4.78 is 6.08. The van der Waals surface area contributed by atoms with Crippen LogP contribution >= 0.6 is 27.7 Å². The molecule has 1 N–H and O–H groups in total. The lowest BCUT2D eigenvalue weighted by atomic mass is 10.1. The Kier molecular flexibility index (Phi) is 5.23. The van der Waals surface area contributed by atoms with E-state index in [-0.39, 0.29) is 5.91 Å². The molecule has 0 saturated carbocycles. The van der Waals surface area contributed by atoms with Crippen molar-refractivity contribution in [3.05, 3.63) is 69.2 Å². The maximum atomic E-state index is 12.8. The third kappa shape index (κ3) is 3.57. The quantitative estimate of drug-likeness (QED) is 0.769. The summed E-state index contributed by atoms with van der Waals surface area (Å²) in [5.41, 5.74) is 1.50. The van der Waals surface area contributed by atoms with Crippen molar-refractivity contribution in [3.8, 4) is 5.75 Å². The first kappa shape index (κ1) is 18.8. The van der Waals surface area contributed by atoms with E-state index in [1.807, 2.05) is 60.9 Å². The second-order valence-electron chi connectivity index (χ2n) is 6.09. The number of halogens is 1. The second-order valence-corrected chi connectivity index (χ2v) is 7.80. The highest BCUT2D eigenvalue weighted by atomic mass is 79.9. The highest BCUT2D eigenvalue weighted by molar-refractivity contribution is 9.10. The summed E-state index contributed by atoms with van der Waals surface area (Å²) in [5, 5.41) is 11.2. The maximum absolute atomic E-state index is 12.8. The Hall–Kier alpha value is -2.58. The van der Waals surface area contributed by atoms with Crippen molar-refractivity contribution in [2.45, 2.75) is 6.17 Å². The maximum Gasteiger partial charge on any atom is 0.276 e. The molecule has 2 aromatic carbocycles. The molecule has 0 saturated heterocycles. The molecule has 4 rings (SSSR count). The summed E-state index contributed by atoms with van der Waals surface area (Å²) in [4.78, 5) is 17.6. The topological polar surface area (TPSA) is 66.3 Å². The first-order valence-corrected chi connectivity index (χ1v) is 10.5. The number of fused-ring (bicyclic) bond motifs is 2. The second kappa shape index (κ2) is 7.81. The minimum absolute atomic E-state index is 0.184. The van der Waals surface area contributed by atoms with Crippen LogP contribution in [0.3, 0.4) is 0 Å². The van der Waals surface area contributed by atoms with Crippen LogP contribution in [0.1, 0.15) is 5.56 Å². The van der Waals surface area contributed by atoms with Gasteiger partial charge in [-0.05, 0) is 48.2 Å². The number of thioether (sulfide) groups is 1. The van der Waals surface area contributed by atoms with Gasteiger partial charge >= 0.3 is 0 Å². The van der Waals surface area contributed by atoms with Gasteiger partial charge in [-0.3, -0.25) is 15.1 Å². The molecule has 142 valence electrons. The summed E-state index contributed by atoms with van der Waals surface area (Å²) in [6.07, 6.45) is 5.36. The predicted molar refractivity (Wildman–Crippen MR) is 115 cm³/mol. The van der Waals surface area contributed by atoms with Gasteiger partial charge < -0.3 is 4.74 Å². The van der Waals surface area contributed by atoms with Crippen molar-refractivity contribution in [1.29, 1.82) is 0 Å². The van der Waals surface area contributed by atoms with E-state index in [1.165, 1.54) is 11.8 Å². The summed E-state index contributed by atoms with van der Waals surface area (Å²) in [5.74, 6) is 0.619. The van der Waals surface area contributed by atoms with Gasteiger partial charge in [0, 0.05) is 9.69 Å². The van der Waals surface area contributed by atoms with Crippen molar-refractivity contribution in [1.82, 2.24) is 10.3 Å². The molecule has 28 heavy (non-hydrogen) atoms. The van der Waals surface area contributed by atoms with E-state index in [4.69, 9.17) is 9.73 Å². The highest BCUT2D eigenvalue weighted by Crippen LogP contribution is 2.22. The van der Waals surface area contributed by atoms with Gasteiger partial charge in [0.15, 0.2) is 11.3 Å². The first-order valence-electron chi connectivity index (χ1n) is 8.52. The lowest BCUT2D eigenvalue weighted by Gasteiger charge is -2.32. The fourth-order valence-corrected chi connectivity index (χ4v) is 3.73. The largest absolute Gasteiger partial charge is 0.497 e. The normalized spacial score (nSPS) is 18.2. The van der Waals surface area contributed by atoms with E-state index < -0.39 is 6.17 Å². The molecule has 0 unspecified atom stereocenters. The average molecular weight is 457 g/mol. The monoisotopic (exact) mass is 456 g/mol. The molecule has 2 aliphatic rings. The zero-order chi connectivity index (χ0) is 19.7. The fourth-order valence-electron chi connectivity index (χ4n) is 3.01. The van der Waals surface area contributed by atoms with Gasteiger partial charge in [-0.25, -0.2) is 5.01 Å². The molecule has 0 fully saturated rings. The van der Waals surface area contributed by atoms with Crippen molar-refractivity contribution in [2.24, 2.45) is 10.1 Å². The smallest absolute Gasteiger partial charge is 0.276 e. The minimum atomic E-state index is -0.418. The van der Waals surface area contributed by atoms with Gasteiger partial charge in [0.25, 0.3) is 5.91 Å². The number of nitrogens with zero attached hydrogens (tertiary/aromatic N) is 3. The number of hydrogen-bond donors (Lipinski definition) is 1. The lowest BCUT2D eigenvalue weighted by molar-refractivity contribution is -0.116. The van der Waals surface area contributed by atoms with Crippen LogP contribution in [0, 0.1) is 0 Å². The molecular weight excluding hydrogens is 440 g/mol. The van der Waals surface area contributed by atoms with Crippen LogP contribution in [0.5, 0.6) is 5.75 Å². The number of rotatable bonds is 3. The number of hydrogen-bond acceptors (Lipinski definition) is 6. The van der Waals surface area contributed by atoms with Gasteiger partial charge in [-0.1, -0.05) is 45.9 Å². The molecule has 0 radical (unpaired) electrons. The molecule has 1 atom stereocenters. The van der Waals surface area contributed by atoms with Crippen molar-refractivity contribution < 1.29 is 9.53 Å². The van der Waals surface area contributed by atoms with Crippen LogP contribution in [0.25, 0.3) is 11.8 Å². The van der Waals surface area contributed by atoms with Crippen LogP contribution < -0.4 is 20.6 Å². The van der Waals surface area contributed by atoms with E-state index in [9.17, 15) is 4.79 Å². The minimum Gasteiger partial charge on any atom is -0.497 e. The van der Waals surface area contributed by atoms with Crippen molar-refractivity contribution >= 4 is 50.5 Å². The molecule has 2 heterocycles. The Balaban J connectivity index is 1.79. The molecule has 1 amide bonds. The molecule has 2 aromatic rings. The summed E-state index contributed by atoms with van der Waals surface area (Å²) in [7, 11) is 1.64. The number of amidine groups is 1. The fraction of sp³-hybridized carbons (Fsp3) is 0.150. The van der Waals surface area contributed by atoms with Gasteiger partial charge in [-0.15, -0.1) is 5.10 Å². The Labute approximate surface area is 174 Å². The Bertz CT molecular complexity index is 1110. The summed E-state index contributed by atoms with van der Waals surface area (Å²) >= 11 is 4.86. The van der Waals surface area contributed by atoms with E-state index >= 15 is 0 Å². The summed E-state index contributed by atoms with van der Waals surface area (Å²) in [6, 6.07) is 13.4. The van der Waals surface area contributed by atoms with Gasteiger partial charge in [0.2, 0.25) is 0 Å². The van der Waals surface area contributed by atoms with Crippen LogP contribution in [0.4, 0.5) is 0 Å². The zero-order valence-corrected chi connectivity index (χ0v) is 17.6. The molecular formula is C20H17BrN4O2S. The number of carbonyl (C=O) groups excluding carboxylic acids is 1. The molecule has 0 aliphatic carbocycles. The Morgan fingerprint density at radius 2 is 2.04 bits per heavy atom. The number of carbonyl (C=O) groups is 1. The summed E-state index contributed by atoms with van der Waals surface area (Å²) in [6.45, 7) is 0. The molecule has 0 bridgehead atoms. The van der Waals surface area contributed by atoms with Gasteiger partial charge in [-0.2, -0.15) is 0 Å². The number of methoxy groups -OCH3 is 1. The van der Waals surface area contributed by atoms with Crippen LogP contribution in [-0.4, -0.2) is 35.6 Å². The predicted octanol–water partition coefficient (Wildman–Crippen LogP) is 2.30. The third-order valence-electron chi connectivity index (χ3n) is 4.37. The lowest BCUT2D eigenvalue weighted by Crippen LogP contribution is -2.52. The number of amides is 1. The standard InChI is InChI=1S/C20H17BrN4O2S/c1-27-14-7-3-12(4-8-14)5-10-17-22-16-9-6-13(21)11-15(16)18-19(26)23-20(28-2)24-25(17)18/h3-11,17H,1-2H3,(H,23,24,26)/b10-5+/t17-/m1/s1. The van der Waals surface area contributed by atoms with E-state index in [0.717, 1.165) is 26.4 Å². The Morgan fingerprint density at radius 1 is 1.25 bits per heavy atom. The molecule has 6 nitrogen and oxygen atoms in total. The van der Waals surface area contributed by atoms with E-state index in [1.54, 1.807) is 12.1 Å². The zero-order valence-electron chi connectivity index (χ0n) is 15.2. The van der Waals surface area contributed by atoms with Crippen LogP contribution in [-0.2, 0) is 4.79 Å². The van der Waals surface area contributed by atoms with E-state index in [2.05, 4.69) is 26.3 Å². The third-order valence-corrected chi connectivity index (χ3v) is 5.43. The van der Waals surface area contributed by atoms with Gasteiger partial charge in [0.1, 0.15) is 11.4 Å². The molecule has 0 aromatic heterocycles. The SMILES string of the molecule is COc1ccc(/C=C/[C@@H]2N=c3ccc(Br)cc3=C3C(=O)NC(SC)=NN32)cc1. The van der Waals surface area contributed by atoms with Gasteiger partial charge in [0.05, 0.1) is 12.5 Å². The molecule has 0 spiro atoms. The van der Waals surface area contributed by atoms with E-state index in [0.29, 0.717) is 10.9 Å².